The number of aryl methyl sites for hydroxylation is 1. The van der Waals surface area contributed by atoms with Gasteiger partial charge in [-0.3, -0.25) is 14.9 Å². The predicted molar refractivity (Wildman–Crippen MR) is 117 cm³/mol. The van der Waals surface area contributed by atoms with Gasteiger partial charge in [0, 0.05) is 24.6 Å². The number of imide groups is 1. The number of likely N-dealkylation sites (tertiary alicyclic amines) is 1. The number of urea groups is 1. The Morgan fingerprint density at radius 3 is 2.50 bits per heavy atom. The Hall–Kier alpha value is -3.68. The average molecular weight is 432 g/mol. The summed E-state index contributed by atoms with van der Waals surface area (Å²) in [6.45, 7) is 4.91. The van der Waals surface area contributed by atoms with Crippen molar-refractivity contribution in [1.29, 1.82) is 0 Å². The molecule has 0 radical (unpaired) electrons. The zero-order valence-electron chi connectivity index (χ0n) is 18.0. The van der Waals surface area contributed by atoms with Crippen LogP contribution in [0.1, 0.15) is 53.1 Å². The number of oxazole rings is 1. The minimum Gasteiger partial charge on any atom is -0.440 e. The van der Waals surface area contributed by atoms with Crippen LogP contribution in [0.15, 0.2) is 46.9 Å². The van der Waals surface area contributed by atoms with Crippen molar-refractivity contribution in [3.63, 3.8) is 0 Å². The summed E-state index contributed by atoms with van der Waals surface area (Å²) in [4.78, 5) is 43.1. The van der Waals surface area contributed by atoms with Crippen LogP contribution in [0, 0.1) is 6.92 Å². The van der Waals surface area contributed by atoms with Crippen molar-refractivity contribution in [2.75, 3.05) is 13.1 Å². The minimum absolute atomic E-state index is 0.0479. The summed E-state index contributed by atoms with van der Waals surface area (Å²) in [5, 5.41) is 4.88. The highest BCUT2D eigenvalue weighted by molar-refractivity contribution is 6.07. The van der Waals surface area contributed by atoms with Crippen LogP contribution in [0.3, 0.4) is 0 Å². The first-order valence-corrected chi connectivity index (χ1v) is 10.7. The van der Waals surface area contributed by atoms with Crippen molar-refractivity contribution in [3.8, 4) is 0 Å². The van der Waals surface area contributed by atoms with Crippen molar-refractivity contribution in [3.05, 3.63) is 65.0 Å². The Balaban J connectivity index is 1.25. The fourth-order valence-corrected chi connectivity index (χ4v) is 4.43. The molecule has 5 rings (SSSR count). The number of nitrogens with zero attached hydrogens (tertiary/aromatic N) is 2. The van der Waals surface area contributed by atoms with E-state index in [0.29, 0.717) is 24.2 Å². The van der Waals surface area contributed by atoms with Gasteiger partial charge in [0.15, 0.2) is 11.5 Å². The number of amides is 4. The molecule has 1 atom stereocenters. The van der Waals surface area contributed by atoms with Gasteiger partial charge in [0.25, 0.3) is 11.8 Å². The highest BCUT2D eigenvalue weighted by Gasteiger charge is 2.43. The van der Waals surface area contributed by atoms with Gasteiger partial charge in [-0.2, -0.15) is 0 Å². The Kier molecular flexibility index (Phi) is 4.73. The van der Waals surface area contributed by atoms with Gasteiger partial charge in [-0.25, -0.2) is 9.78 Å². The second-order valence-corrected chi connectivity index (χ2v) is 8.70. The van der Waals surface area contributed by atoms with E-state index in [1.807, 2.05) is 30.0 Å². The van der Waals surface area contributed by atoms with E-state index in [-0.39, 0.29) is 11.8 Å². The van der Waals surface area contributed by atoms with Gasteiger partial charge in [-0.05, 0) is 62.1 Å². The number of piperidine rings is 1. The number of hydrogen-bond donors (Lipinski definition) is 2. The summed E-state index contributed by atoms with van der Waals surface area (Å²) < 4.78 is 5.98. The standard InChI is InChI=1S/C24H24N4O4/c1-14-3-8-18-19(13-14)32-20(25-18)15-9-11-28(12-10-15)21(29)16-4-6-17(7-5-16)24(2)22(30)26-23(31)27-24/h3-8,13,15H,9-12H2,1-2H3,(H2,26,27,30,31). The molecule has 0 saturated carbocycles. The molecule has 8 heteroatoms. The molecule has 4 amide bonds. The molecular formula is C24H24N4O4. The molecule has 2 aliphatic heterocycles. The van der Waals surface area contributed by atoms with Crippen molar-refractivity contribution in [2.45, 2.75) is 38.1 Å². The van der Waals surface area contributed by atoms with Crippen LogP contribution in [-0.2, 0) is 10.3 Å². The number of hydrogen-bond acceptors (Lipinski definition) is 5. The van der Waals surface area contributed by atoms with E-state index in [1.54, 1.807) is 31.2 Å². The third-order valence-corrected chi connectivity index (χ3v) is 6.45. The maximum absolute atomic E-state index is 13.0. The Bertz CT molecular complexity index is 1220. The molecule has 1 aromatic heterocycles. The molecule has 2 aromatic carbocycles. The van der Waals surface area contributed by atoms with Gasteiger partial charge in [-0.15, -0.1) is 0 Å². The molecule has 164 valence electrons. The van der Waals surface area contributed by atoms with Gasteiger partial charge in [0.2, 0.25) is 0 Å². The summed E-state index contributed by atoms with van der Waals surface area (Å²) in [6, 6.07) is 12.3. The predicted octanol–water partition coefficient (Wildman–Crippen LogP) is 3.21. The number of nitrogens with one attached hydrogen (secondary N) is 2. The molecule has 0 bridgehead atoms. The monoisotopic (exact) mass is 432 g/mol. The molecule has 2 aliphatic rings. The summed E-state index contributed by atoms with van der Waals surface area (Å²) >= 11 is 0. The van der Waals surface area contributed by atoms with Crippen LogP contribution < -0.4 is 10.6 Å². The lowest BCUT2D eigenvalue weighted by atomic mass is 9.91. The first kappa shape index (κ1) is 20.2. The Morgan fingerprint density at radius 2 is 1.84 bits per heavy atom. The first-order chi connectivity index (χ1) is 15.3. The average Bonchev–Trinajstić information content (AvgIpc) is 3.33. The number of benzene rings is 2. The summed E-state index contributed by atoms with van der Waals surface area (Å²) in [5.74, 6) is 0.483. The van der Waals surface area contributed by atoms with E-state index >= 15 is 0 Å². The van der Waals surface area contributed by atoms with E-state index in [0.717, 1.165) is 35.4 Å². The quantitative estimate of drug-likeness (QED) is 0.619. The third kappa shape index (κ3) is 3.41. The van der Waals surface area contributed by atoms with Gasteiger partial charge in [0.1, 0.15) is 11.1 Å². The number of fused-ring (bicyclic) bond motifs is 1. The molecule has 0 spiro atoms. The van der Waals surface area contributed by atoms with E-state index in [2.05, 4.69) is 15.6 Å². The fourth-order valence-electron chi connectivity index (χ4n) is 4.43. The van der Waals surface area contributed by atoms with E-state index < -0.39 is 17.5 Å². The minimum atomic E-state index is -1.13. The topological polar surface area (TPSA) is 105 Å². The number of carbonyl (C=O) groups is 3. The van der Waals surface area contributed by atoms with Crippen LogP contribution in [0.4, 0.5) is 4.79 Å². The maximum Gasteiger partial charge on any atom is 0.322 e. The maximum atomic E-state index is 13.0. The van der Waals surface area contributed by atoms with Crippen molar-refractivity contribution >= 4 is 28.9 Å². The smallest absolute Gasteiger partial charge is 0.322 e. The van der Waals surface area contributed by atoms with E-state index in [9.17, 15) is 14.4 Å². The van der Waals surface area contributed by atoms with Crippen LogP contribution in [0.25, 0.3) is 11.1 Å². The normalized spacial score (nSPS) is 21.6. The molecule has 2 N–H and O–H groups in total. The largest absolute Gasteiger partial charge is 0.440 e. The molecule has 3 aromatic rings. The lowest BCUT2D eigenvalue weighted by Gasteiger charge is -2.31. The molecular weight excluding hydrogens is 408 g/mol. The molecule has 3 heterocycles. The van der Waals surface area contributed by atoms with Gasteiger partial charge < -0.3 is 14.6 Å². The van der Waals surface area contributed by atoms with Crippen molar-refractivity contribution < 1.29 is 18.8 Å². The van der Waals surface area contributed by atoms with Crippen molar-refractivity contribution in [2.24, 2.45) is 0 Å². The molecule has 2 saturated heterocycles. The summed E-state index contributed by atoms with van der Waals surface area (Å²) in [5.41, 5.74) is 2.86. The zero-order valence-corrected chi connectivity index (χ0v) is 18.0. The lowest BCUT2D eigenvalue weighted by molar-refractivity contribution is -0.123. The summed E-state index contributed by atoms with van der Waals surface area (Å²) in [7, 11) is 0. The highest BCUT2D eigenvalue weighted by atomic mass is 16.3. The van der Waals surface area contributed by atoms with Crippen molar-refractivity contribution in [1.82, 2.24) is 20.5 Å². The van der Waals surface area contributed by atoms with Crippen LogP contribution in [0.2, 0.25) is 0 Å². The van der Waals surface area contributed by atoms with E-state index in [4.69, 9.17) is 4.42 Å². The first-order valence-electron chi connectivity index (χ1n) is 10.7. The van der Waals surface area contributed by atoms with Crippen LogP contribution >= 0.6 is 0 Å². The number of aromatic nitrogens is 1. The number of carbonyl (C=O) groups excluding carboxylic acids is 3. The summed E-state index contributed by atoms with van der Waals surface area (Å²) in [6.07, 6.45) is 1.58. The zero-order chi connectivity index (χ0) is 22.5. The lowest BCUT2D eigenvalue weighted by Crippen LogP contribution is -2.40. The van der Waals surface area contributed by atoms with E-state index in [1.165, 1.54) is 0 Å². The number of rotatable bonds is 3. The molecule has 1 unspecified atom stereocenters. The SMILES string of the molecule is Cc1ccc2nc(C3CCN(C(=O)c4ccc(C5(C)NC(=O)NC5=O)cc4)CC3)oc2c1. The Labute approximate surface area is 185 Å². The van der Waals surface area contributed by atoms with Crippen LogP contribution in [-0.4, -0.2) is 40.8 Å². The molecule has 2 fully saturated rings. The van der Waals surface area contributed by atoms with Gasteiger partial charge >= 0.3 is 6.03 Å². The molecule has 32 heavy (non-hydrogen) atoms. The second kappa shape index (κ2) is 7.47. The van der Waals surface area contributed by atoms with Gasteiger partial charge in [0.05, 0.1) is 0 Å². The van der Waals surface area contributed by atoms with Gasteiger partial charge in [-0.1, -0.05) is 18.2 Å². The Morgan fingerprint density at radius 1 is 1.12 bits per heavy atom. The third-order valence-electron chi connectivity index (χ3n) is 6.45. The highest BCUT2D eigenvalue weighted by Crippen LogP contribution is 2.31. The fraction of sp³-hybridized carbons (Fsp3) is 0.333. The van der Waals surface area contributed by atoms with Crippen LogP contribution in [0.5, 0.6) is 0 Å². The molecule has 0 aliphatic carbocycles. The second-order valence-electron chi connectivity index (χ2n) is 8.70. The molecule has 8 nitrogen and oxygen atoms in total.